The van der Waals surface area contributed by atoms with Crippen LogP contribution in [0.3, 0.4) is 0 Å². The van der Waals surface area contributed by atoms with Crippen molar-refractivity contribution in [3.8, 4) is 0 Å². The third-order valence-electron chi connectivity index (χ3n) is 1.99. The summed E-state index contributed by atoms with van der Waals surface area (Å²) in [5, 5.41) is 3.64. The average Bonchev–Trinajstić information content (AvgIpc) is 2.70. The Morgan fingerprint density at radius 1 is 1.56 bits per heavy atom. The van der Waals surface area contributed by atoms with Crippen molar-refractivity contribution in [1.29, 1.82) is 0 Å². The van der Waals surface area contributed by atoms with Crippen LogP contribution in [0.2, 0.25) is 0 Å². The minimum absolute atomic E-state index is 0.209. The quantitative estimate of drug-likeness (QED) is 0.568. The van der Waals surface area contributed by atoms with Gasteiger partial charge in [-0.2, -0.15) is 8.42 Å². The van der Waals surface area contributed by atoms with Gasteiger partial charge in [-0.15, -0.1) is 0 Å². The maximum atomic E-state index is 10.9. The van der Waals surface area contributed by atoms with Crippen molar-refractivity contribution in [3.05, 3.63) is 17.5 Å². The summed E-state index contributed by atoms with van der Waals surface area (Å²) in [5.41, 5.74) is 0.320. The van der Waals surface area contributed by atoms with Crippen LogP contribution >= 0.6 is 0 Å². The van der Waals surface area contributed by atoms with Crippen LogP contribution in [0, 0.1) is 0 Å². The SMILES string of the molecule is CCC(OC(C)=O)c1cc(COS(C)(=O)=O)no1. The van der Waals surface area contributed by atoms with Crippen LogP contribution in [0.4, 0.5) is 0 Å². The fourth-order valence-corrected chi connectivity index (χ4v) is 1.59. The number of nitrogens with zero attached hydrogens (tertiary/aromatic N) is 1. The van der Waals surface area contributed by atoms with Crippen LogP contribution < -0.4 is 0 Å². The lowest BCUT2D eigenvalue weighted by Gasteiger charge is -2.10. The van der Waals surface area contributed by atoms with Crippen LogP contribution in [0.25, 0.3) is 0 Å². The highest BCUT2D eigenvalue weighted by Gasteiger charge is 2.18. The van der Waals surface area contributed by atoms with E-state index in [-0.39, 0.29) is 6.61 Å². The molecule has 1 unspecified atom stereocenters. The molecule has 1 aromatic rings. The predicted molar refractivity (Wildman–Crippen MR) is 60.9 cm³/mol. The van der Waals surface area contributed by atoms with Crippen LogP contribution in [0.15, 0.2) is 10.6 Å². The molecule has 0 radical (unpaired) electrons. The highest BCUT2D eigenvalue weighted by molar-refractivity contribution is 7.85. The molecule has 0 aromatic carbocycles. The summed E-state index contributed by atoms with van der Waals surface area (Å²) in [7, 11) is -3.52. The second kappa shape index (κ2) is 5.96. The molecule has 1 atom stereocenters. The normalized spacial score (nSPS) is 13.3. The molecule has 0 spiro atoms. The lowest BCUT2D eigenvalue weighted by molar-refractivity contribution is -0.147. The lowest BCUT2D eigenvalue weighted by atomic mass is 10.2. The largest absolute Gasteiger partial charge is 0.454 e. The summed E-state index contributed by atoms with van der Waals surface area (Å²) >= 11 is 0. The van der Waals surface area contributed by atoms with Gasteiger partial charge in [-0.05, 0) is 6.42 Å². The first kappa shape index (κ1) is 14.7. The Bertz CT molecular complexity index is 506. The topological polar surface area (TPSA) is 95.7 Å². The number of esters is 1. The highest BCUT2D eigenvalue weighted by Crippen LogP contribution is 2.22. The molecule has 0 N–H and O–H groups in total. The smallest absolute Gasteiger partial charge is 0.303 e. The van der Waals surface area contributed by atoms with Gasteiger partial charge in [0, 0.05) is 13.0 Å². The van der Waals surface area contributed by atoms with Crippen LogP contribution in [0.5, 0.6) is 0 Å². The van der Waals surface area contributed by atoms with Crippen LogP contribution in [0.1, 0.15) is 37.8 Å². The van der Waals surface area contributed by atoms with Gasteiger partial charge in [0.15, 0.2) is 11.9 Å². The van der Waals surface area contributed by atoms with Crippen molar-refractivity contribution in [2.75, 3.05) is 6.26 Å². The summed E-state index contributed by atoms with van der Waals surface area (Å²) in [4.78, 5) is 10.9. The Hall–Kier alpha value is -1.41. The van der Waals surface area contributed by atoms with Crippen molar-refractivity contribution in [2.24, 2.45) is 0 Å². The van der Waals surface area contributed by atoms with Gasteiger partial charge >= 0.3 is 5.97 Å². The molecule has 0 fully saturated rings. The molecule has 1 aromatic heterocycles. The number of hydrogen-bond donors (Lipinski definition) is 0. The third-order valence-corrected chi connectivity index (χ3v) is 2.54. The number of carbonyl (C=O) groups is 1. The molecule has 0 aliphatic heterocycles. The maximum Gasteiger partial charge on any atom is 0.303 e. The molecule has 0 saturated carbocycles. The Labute approximate surface area is 105 Å². The van der Waals surface area contributed by atoms with Crippen molar-refractivity contribution < 1.29 is 26.7 Å². The van der Waals surface area contributed by atoms with Gasteiger partial charge in [0.25, 0.3) is 10.1 Å². The Balaban J connectivity index is 2.69. The Morgan fingerprint density at radius 3 is 2.72 bits per heavy atom. The number of ether oxygens (including phenoxy) is 1. The molecule has 0 bridgehead atoms. The summed E-state index contributed by atoms with van der Waals surface area (Å²) in [6, 6.07) is 1.50. The van der Waals surface area contributed by atoms with Gasteiger partial charge in [0.1, 0.15) is 12.3 Å². The van der Waals surface area contributed by atoms with Gasteiger partial charge in [0.05, 0.1) is 6.26 Å². The first-order chi connectivity index (χ1) is 8.31. The summed E-state index contributed by atoms with van der Waals surface area (Å²) in [6.45, 7) is 2.91. The second-order valence-electron chi connectivity index (χ2n) is 3.69. The summed E-state index contributed by atoms with van der Waals surface area (Å²) in [5.74, 6) is -0.0630. The van der Waals surface area contributed by atoms with Gasteiger partial charge in [-0.3, -0.25) is 8.98 Å². The molecule has 7 nitrogen and oxygen atoms in total. The van der Waals surface area contributed by atoms with E-state index >= 15 is 0 Å². The molecule has 0 saturated heterocycles. The molecule has 0 aliphatic carbocycles. The van der Waals surface area contributed by atoms with E-state index in [4.69, 9.17) is 9.26 Å². The number of hydrogen-bond acceptors (Lipinski definition) is 7. The van der Waals surface area contributed by atoms with Gasteiger partial charge in [-0.1, -0.05) is 12.1 Å². The number of aromatic nitrogens is 1. The Morgan fingerprint density at radius 2 is 2.22 bits per heavy atom. The molecule has 8 heteroatoms. The zero-order valence-corrected chi connectivity index (χ0v) is 11.2. The van der Waals surface area contributed by atoms with E-state index in [0.717, 1.165) is 6.26 Å². The van der Waals surface area contributed by atoms with Crippen molar-refractivity contribution in [2.45, 2.75) is 33.0 Å². The van der Waals surface area contributed by atoms with Crippen molar-refractivity contribution in [1.82, 2.24) is 5.16 Å². The molecule has 0 aliphatic rings. The number of rotatable bonds is 6. The van der Waals surface area contributed by atoms with Gasteiger partial charge in [-0.25, -0.2) is 0 Å². The highest BCUT2D eigenvalue weighted by atomic mass is 32.2. The van der Waals surface area contributed by atoms with E-state index in [0.29, 0.717) is 17.9 Å². The Kier molecular flexibility index (Phi) is 4.85. The molecule has 1 heterocycles. The first-order valence-corrected chi connectivity index (χ1v) is 7.10. The third kappa shape index (κ3) is 4.84. The average molecular weight is 277 g/mol. The van der Waals surface area contributed by atoms with E-state index < -0.39 is 22.2 Å². The van der Waals surface area contributed by atoms with E-state index in [1.165, 1.54) is 13.0 Å². The van der Waals surface area contributed by atoms with E-state index in [1.54, 1.807) is 0 Å². The van der Waals surface area contributed by atoms with Crippen molar-refractivity contribution >= 4 is 16.1 Å². The van der Waals surface area contributed by atoms with E-state index in [1.807, 2.05) is 6.92 Å². The number of carbonyl (C=O) groups excluding carboxylic acids is 1. The minimum atomic E-state index is -3.52. The van der Waals surface area contributed by atoms with Gasteiger partial charge in [0.2, 0.25) is 0 Å². The maximum absolute atomic E-state index is 10.9. The standard InChI is InChI=1S/C10H15NO6S/c1-4-9(16-7(2)12)10-5-8(11-17-10)6-15-18(3,13)14/h5,9H,4,6H2,1-3H3. The monoisotopic (exact) mass is 277 g/mol. The van der Waals surface area contributed by atoms with Crippen LogP contribution in [-0.2, 0) is 30.4 Å². The fourth-order valence-electron chi connectivity index (χ4n) is 1.26. The molecular formula is C10H15NO6S. The molecular weight excluding hydrogens is 262 g/mol. The zero-order valence-electron chi connectivity index (χ0n) is 10.4. The lowest BCUT2D eigenvalue weighted by Crippen LogP contribution is -2.06. The fraction of sp³-hybridized carbons (Fsp3) is 0.600. The summed E-state index contributed by atoms with van der Waals surface area (Å²) in [6.07, 6.45) is 0.949. The van der Waals surface area contributed by atoms with E-state index in [2.05, 4.69) is 9.34 Å². The minimum Gasteiger partial charge on any atom is -0.454 e. The van der Waals surface area contributed by atoms with Gasteiger partial charge < -0.3 is 9.26 Å². The molecule has 0 amide bonds. The first-order valence-electron chi connectivity index (χ1n) is 5.29. The molecule has 18 heavy (non-hydrogen) atoms. The predicted octanol–water partition coefficient (Wildman–Crippen LogP) is 1.17. The zero-order chi connectivity index (χ0) is 13.8. The van der Waals surface area contributed by atoms with E-state index in [9.17, 15) is 13.2 Å². The second-order valence-corrected chi connectivity index (χ2v) is 5.34. The van der Waals surface area contributed by atoms with Crippen molar-refractivity contribution in [3.63, 3.8) is 0 Å². The molecule has 102 valence electrons. The van der Waals surface area contributed by atoms with Crippen LogP contribution in [-0.4, -0.2) is 25.8 Å². The molecule has 1 rings (SSSR count). The summed E-state index contributed by atoms with van der Waals surface area (Å²) < 4.78 is 36.2.